The van der Waals surface area contributed by atoms with Crippen molar-refractivity contribution in [2.24, 2.45) is 10.4 Å². The summed E-state index contributed by atoms with van der Waals surface area (Å²) in [5, 5.41) is 6.44. The summed E-state index contributed by atoms with van der Waals surface area (Å²) in [6, 6.07) is 8.41. The van der Waals surface area contributed by atoms with Gasteiger partial charge in [0.1, 0.15) is 5.75 Å². The molecule has 32 heavy (non-hydrogen) atoms. The van der Waals surface area contributed by atoms with Crippen LogP contribution in [-0.2, 0) is 11.2 Å². The Kier molecular flexibility index (Phi) is 9.49. The van der Waals surface area contributed by atoms with Gasteiger partial charge in [0.05, 0.1) is 0 Å². The van der Waals surface area contributed by atoms with Gasteiger partial charge in [-0.2, -0.15) is 0 Å². The maximum absolute atomic E-state index is 11.7. The normalized spacial score (nSPS) is 20.0. The smallest absolute Gasteiger partial charge is 0.258 e. The van der Waals surface area contributed by atoms with Crippen molar-refractivity contribution >= 4 is 35.8 Å². The van der Waals surface area contributed by atoms with Crippen LogP contribution in [0.5, 0.6) is 5.75 Å². The Morgan fingerprint density at radius 2 is 1.91 bits per heavy atom. The van der Waals surface area contributed by atoms with E-state index in [0.29, 0.717) is 11.5 Å². The average molecular weight is 555 g/mol. The Hall–Kier alpha value is -1.51. The van der Waals surface area contributed by atoms with Crippen LogP contribution in [0.4, 0.5) is 0 Å². The molecule has 7 heteroatoms. The molecule has 1 heterocycles. The first-order valence-electron chi connectivity index (χ1n) is 12.2. The van der Waals surface area contributed by atoms with Gasteiger partial charge in [-0.15, -0.1) is 24.0 Å². The molecular weight excluding hydrogens is 515 g/mol. The monoisotopic (exact) mass is 554 g/mol. The van der Waals surface area contributed by atoms with Gasteiger partial charge < -0.3 is 20.3 Å². The predicted molar refractivity (Wildman–Crippen MR) is 140 cm³/mol. The molecule has 2 N–H and O–H groups in total. The second-order valence-electron chi connectivity index (χ2n) is 9.49. The summed E-state index contributed by atoms with van der Waals surface area (Å²) in [7, 11) is 0. The van der Waals surface area contributed by atoms with Crippen LogP contribution in [-0.4, -0.2) is 55.6 Å². The molecule has 3 aliphatic rings. The van der Waals surface area contributed by atoms with E-state index in [-0.39, 0.29) is 36.5 Å². The lowest BCUT2D eigenvalue weighted by Gasteiger charge is -2.33. The Morgan fingerprint density at radius 3 is 2.59 bits per heavy atom. The van der Waals surface area contributed by atoms with Crippen molar-refractivity contribution in [3.8, 4) is 5.75 Å². The number of halogens is 1. The van der Waals surface area contributed by atoms with E-state index in [1.807, 2.05) is 12.1 Å². The number of rotatable bonds is 8. The number of hydrogen-bond acceptors (Lipinski definition) is 3. The highest BCUT2D eigenvalue weighted by atomic mass is 127. The molecule has 1 aromatic carbocycles. The number of benzene rings is 1. The van der Waals surface area contributed by atoms with Gasteiger partial charge in [0.25, 0.3) is 5.91 Å². The van der Waals surface area contributed by atoms with E-state index in [0.717, 1.165) is 50.6 Å². The molecule has 1 amide bonds. The minimum atomic E-state index is -0.0335. The standard InChI is InChI=1S/C25H38N4O2.HI/c1-2-26-24(29-17-15-25(19-29)13-4-3-5-14-25)27-16-12-20-6-10-22(11-7-20)31-18-23(30)28-21-8-9-21;/h6-7,10-11,21H,2-5,8-9,12-19H2,1H3,(H,26,27)(H,28,30);1H. The van der Waals surface area contributed by atoms with Gasteiger partial charge in [0.15, 0.2) is 12.6 Å². The zero-order valence-electron chi connectivity index (χ0n) is 19.4. The maximum atomic E-state index is 11.7. The third-order valence-electron chi connectivity index (χ3n) is 6.88. The summed E-state index contributed by atoms with van der Waals surface area (Å²) in [6.45, 7) is 6.21. The molecule has 1 saturated heterocycles. The van der Waals surface area contributed by atoms with Gasteiger partial charge in [-0.3, -0.25) is 9.79 Å². The van der Waals surface area contributed by atoms with E-state index >= 15 is 0 Å². The van der Waals surface area contributed by atoms with E-state index in [1.54, 1.807) is 0 Å². The third kappa shape index (κ3) is 7.25. The molecule has 2 aliphatic carbocycles. The van der Waals surface area contributed by atoms with E-state index < -0.39 is 0 Å². The van der Waals surface area contributed by atoms with Crippen LogP contribution in [0.25, 0.3) is 0 Å². The van der Waals surface area contributed by atoms with Crippen molar-refractivity contribution in [2.45, 2.75) is 70.8 Å². The molecule has 3 fully saturated rings. The van der Waals surface area contributed by atoms with Crippen molar-refractivity contribution in [1.82, 2.24) is 15.5 Å². The van der Waals surface area contributed by atoms with Crippen LogP contribution in [0.1, 0.15) is 63.9 Å². The number of nitrogens with one attached hydrogen (secondary N) is 2. The van der Waals surface area contributed by atoms with Gasteiger partial charge in [-0.25, -0.2) is 0 Å². The van der Waals surface area contributed by atoms with E-state index in [4.69, 9.17) is 9.73 Å². The highest BCUT2D eigenvalue weighted by molar-refractivity contribution is 14.0. The van der Waals surface area contributed by atoms with Gasteiger partial charge in [-0.05, 0) is 68.6 Å². The van der Waals surface area contributed by atoms with Gasteiger partial charge in [0.2, 0.25) is 0 Å². The summed E-state index contributed by atoms with van der Waals surface area (Å²) in [4.78, 5) is 19.2. The van der Waals surface area contributed by atoms with Crippen LogP contribution >= 0.6 is 24.0 Å². The first-order chi connectivity index (χ1) is 15.2. The first kappa shape index (κ1) is 25.1. The summed E-state index contributed by atoms with van der Waals surface area (Å²) in [5.41, 5.74) is 1.78. The largest absolute Gasteiger partial charge is 0.484 e. The minimum Gasteiger partial charge on any atom is -0.484 e. The lowest BCUT2D eigenvalue weighted by molar-refractivity contribution is -0.123. The van der Waals surface area contributed by atoms with Crippen molar-refractivity contribution in [3.63, 3.8) is 0 Å². The Morgan fingerprint density at radius 1 is 1.16 bits per heavy atom. The van der Waals surface area contributed by atoms with Gasteiger partial charge >= 0.3 is 0 Å². The zero-order chi connectivity index (χ0) is 21.5. The zero-order valence-corrected chi connectivity index (χ0v) is 21.7. The van der Waals surface area contributed by atoms with Crippen LogP contribution in [0.3, 0.4) is 0 Å². The first-order valence-corrected chi connectivity index (χ1v) is 12.2. The molecule has 6 nitrogen and oxygen atoms in total. The molecule has 0 atom stereocenters. The van der Waals surface area contributed by atoms with E-state index in [9.17, 15) is 4.79 Å². The van der Waals surface area contributed by atoms with Crippen LogP contribution in [0.2, 0.25) is 0 Å². The molecule has 1 aliphatic heterocycles. The lowest BCUT2D eigenvalue weighted by atomic mass is 9.73. The van der Waals surface area contributed by atoms with Crippen molar-refractivity contribution < 1.29 is 9.53 Å². The molecule has 178 valence electrons. The molecule has 2 saturated carbocycles. The maximum Gasteiger partial charge on any atom is 0.258 e. The van der Waals surface area contributed by atoms with Gasteiger partial charge in [0, 0.05) is 32.2 Å². The summed E-state index contributed by atoms with van der Waals surface area (Å²) < 4.78 is 5.59. The molecular formula is C25H39IN4O2. The number of carbonyl (C=O) groups is 1. The number of aliphatic imine (C=N–C) groups is 1. The molecule has 1 aromatic rings. The van der Waals surface area contributed by atoms with Crippen molar-refractivity contribution in [3.05, 3.63) is 29.8 Å². The van der Waals surface area contributed by atoms with E-state index in [2.05, 4.69) is 34.6 Å². The molecule has 0 bridgehead atoms. The summed E-state index contributed by atoms with van der Waals surface area (Å²) in [6.07, 6.45) is 11.4. The van der Waals surface area contributed by atoms with Crippen molar-refractivity contribution in [1.29, 1.82) is 0 Å². The molecule has 0 radical (unpaired) electrons. The number of nitrogens with zero attached hydrogens (tertiary/aromatic N) is 2. The Labute approximate surface area is 210 Å². The lowest BCUT2D eigenvalue weighted by Crippen LogP contribution is -2.41. The Balaban J connectivity index is 0.00000289. The summed E-state index contributed by atoms with van der Waals surface area (Å²) >= 11 is 0. The molecule has 0 unspecified atom stereocenters. The second kappa shape index (κ2) is 12.1. The van der Waals surface area contributed by atoms with Crippen LogP contribution in [0.15, 0.2) is 29.3 Å². The van der Waals surface area contributed by atoms with Crippen LogP contribution in [0, 0.1) is 5.41 Å². The van der Waals surface area contributed by atoms with Crippen molar-refractivity contribution in [2.75, 3.05) is 32.8 Å². The summed E-state index contributed by atoms with van der Waals surface area (Å²) in [5.74, 6) is 1.78. The fourth-order valence-electron chi connectivity index (χ4n) is 4.94. The fraction of sp³-hybridized carbons (Fsp3) is 0.680. The SMILES string of the molecule is CCNC(=NCCc1ccc(OCC(=O)NC2CC2)cc1)N1CCC2(CCCCC2)C1.I. The number of carbonyl (C=O) groups excluding carboxylic acids is 1. The third-order valence-corrected chi connectivity index (χ3v) is 6.88. The second-order valence-corrected chi connectivity index (χ2v) is 9.49. The highest BCUT2D eigenvalue weighted by Crippen LogP contribution is 2.43. The average Bonchev–Trinajstić information content (AvgIpc) is 3.51. The quantitative estimate of drug-likeness (QED) is 0.288. The number of guanidine groups is 1. The minimum absolute atomic E-state index is 0. The number of hydrogen-bond donors (Lipinski definition) is 2. The topological polar surface area (TPSA) is 66.0 Å². The van der Waals surface area contributed by atoms with Crippen LogP contribution < -0.4 is 15.4 Å². The number of ether oxygens (including phenoxy) is 1. The number of amides is 1. The molecule has 0 aromatic heterocycles. The fourth-order valence-corrected chi connectivity index (χ4v) is 4.94. The van der Waals surface area contributed by atoms with E-state index in [1.165, 1.54) is 50.6 Å². The van der Waals surface area contributed by atoms with Gasteiger partial charge in [-0.1, -0.05) is 31.4 Å². The number of likely N-dealkylation sites (tertiary alicyclic amines) is 1. The Bertz CT molecular complexity index is 758. The predicted octanol–water partition coefficient (Wildman–Crippen LogP) is 4.13. The highest BCUT2D eigenvalue weighted by Gasteiger charge is 2.39. The molecule has 1 spiro atoms. The molecule has 4 rings (SSSR count).